The Labute approximate surface area is 167 Å². The summed E-state index contributed by atoms with van der Waals surface area (Å²) in [7, 11) is 0. The summed E-state index contributed by atoms with van der Waals surface area (Å²) in [4.78, 5) is 30.0. The van der Waals surface area contributed by atoms with E-state index in [1.54, 1.807) is 12.1 Å². The first-order valence-electron chi connectivity index (χ1n) is 9.33. The SMILES string of the molecule is CCCCn1c(=O)nc2n(-c3ccc(C)cc3)c3cccc(Cl)c3cc-2c1=O. The number of fused-ring (bicyclic) bond motifs is 2. The quantitative estimate of drug-likeness (QED) is 0.482. The molecule has 2 aliphatic heterocycles. The third-order valence-electron chi connectivity index (χ3n) is 4.95. The Morgan fingerprint density at radius 1 is 1.07 bits per heavy atom. The van der Waals surface area contributed by atoms with Crippen molar-refractivity contribution in [1.29, 1.82) is 0 Å². The van der Waals surface area contributed by atoms with Gasteiger partial charge in [0.2, 0.25) is 0 Å². The van der Waals surface area contributed by atoms with Crippen LogP contribution in [-0.4, -0.2) is 14.1 Å². The summed E-state index contributed by atoms with van der Waals surface area (Å²) < 4.78 is 3.05. The van der Waals surface area contributed by atoms with Gasteiger partial charge in [-0.2, -0.15) is 4.98 Å². The average Bonchev–Trinajstić information content (AvgIpc) is 2.68. The zero-order valence-electron chi connectivity index (χ0n) is 15.8. The minimum absolute atomic E-state index is 0.328. The number of rotatable bonds is 4. The van der Waals surface area contributed by atoms with Crippen LogP contribution in [0.15, 0.2) is 58.1 Å². The highest BCUT2D eigenvalue weighted by molar-refractivity contribution is 6.35. The first-order chi connectivity index (χ1) is 13.5. The lowest BCUT2D eigenvalue weighted by Crippen LogP contribution is -2.38. The van der Waals surface area contributed by atoms with Crippen molar-refractivity contribution in [2.75, 3.05) is 0 Å². The Morgan fingerprint density at radius 3 is 2.54 bits per heavy atom. The number of halogens is 1. The summed E-state index contributed by atoms with van der Waals surface area (Å²) in [6.45, 7) is 4.39. The van der Waals surface area contributed by atoms with Crippen molar-refractivity contribution in [3.05, 3.63) is 80.0 Å². The van der Waals surface area contributed by atoms with Crippen LogP contribution in [0.5, 0.6) is 0 Å². The Bertz CT molecular complexity index is 1260. The molecule has 28 heavy (non-hydrogen) atoms. The van der Waals surface area contributed by atoms with Crippen molar-refractivity contribution in [2.45, 2.75) is 33.2 Å². The number of aryl methyl sites for hydroxylation is 1. The van der Waals surface area contributed by atoms with Crippen molar-refractivity contribution >= 4 is 22.5 Å². The fraction of sp³-hybridized carbons (Fsp3) is 0.227. The molecule has 2 heterocycles. The molecule has 0 radical (unpaired) electrons. The van der Waals surface area contributed by atoms with Gasteiger partial charge in [-0.1, -0.05) is 48.7 Å². The van der Waals surface area contributed by atoms with Gasteiger partial charge in [-0.05, 0) is 43.7 Å². The molecule has 0 spiro atoms. The largest absolute Gasteiger partial charge is 0.352 e. The van der Waals surface area contributed by atoms with E-state index in [9.17, 15) is 9.59 Å². The molecular formula is C22H20ClN3O2. The topological polar surface area (TPSA) is 56.9 Å². The van der Waals surface area contributed by atoms with Gasteiger partial charge in [-0.25, -0.2) is 4.79 Å². The van der Waals surface area contributed by atoms with E-state index in [4.69, 9.17) is 11.6 Å². The van der Waals surface area contributed by atoms with Gasteiger partial charge in [0.15, 0.2) is 5.82 Å². The highest BCUT2D eigenvalue weighted by atomic mass is 35.5. The number of unbranched alkanes of at least 4 members (excludes halogenated alkanes) is 1. The lowest BCUT2D eigenvalue weighted by molar-refractivity contribution is 0.582. The fourth-order valence-corrected chi connectivity index (χ4v) is 3.65. The smallest absolute Gasteiger partial charge is 0.294 e. The normalized spacial score (nSPS) is 11.4. The molecular weight excluding hydrogens is 374 g/mol. The predicted molar refractivity (Wildman–Crippen MR) is 113 cm³/mol. The van der Waals surface area contributed by atoms with Crippen LogP contribution in [0, 0.1) is 6.92 Å². The lowest BCUT2D eigenvalue weighted by Gasteiger charge is -2.19. The van der Waals surface area contributed by atoms with Gasteiger partial charge >= 0.3 is 5.69 Å². The van der Waals surface area contributed by atoms with Crippen LogP contribution in [-0.2, 0) is 6.54 Å². The number of benzene rings is 2. The average molecular weight is 394 g/mol. The maximum absolute atomic E-state index is 13.1. The monoisotopic (exact) mass is 393 g/mol. The van der Waals surface area contributed by atoms with Gasteiger partial charge in [0.05, 0.1) is 11.1 Å². The zero-order chi connectivity index (χ0) is 19.8. The third kappa shape index (κ3) is 3.02. The first kappa shape index (κ1) is 18.4. The number of hydrogen-bond acceptors (Lipinski definition) is 3. The molecule has 0 fully saturated rings. The summed E-state index contributed by atoms with van der Waals surface area (Å²) in [5, 5.41) is 1.29. The Hall–Kier alpha value is -2.92. The standard InChI is InChI=1S/C22H20ClN3O2/c1-3-4-12-25-21(27)17-13-16-18(23)6-5-7-19(16)26(20(17)24-22(25)28)15-10-8-14(2)9-11-15/h5-11,13H,3-4,12H2,1-2H3. The molecule has 2 aliphatic rings. The summed E-state index contributed by atoms with van der Waals surface area (Å²) in [6.07, 6.45) is 1.63. The Morgan fingerprint density at radius 2 is 1.82 bits per heavy atom. The number of hydrogen-bond donors (Lipinski definition) is 0. The summed E-state index contributed by atoms with van der Waals surface area (Å²) in [5.74, 6) is 0.348. The van der Waals surface area contributed by atoms with Gasteiger partial charge in [0.25, 0.3) is 5.56 Å². The first-order valence-corrected chi connectivity index (χ1v) is 9.71. The molecule has 0 aromatic heterocycles. The molecule has 2 aromatic rings. The van der Waals surface area contributed by atoms with Gasteiger partial charge in [0.1, 0.15) is 0 Å². The summed E-state index contributed by atoms with van der Waals surface area (Å²) >= 11 is 6.44. The van der Waals surface area contributed by atoms with Crippen LogP contribution in [0.2, 0.25) is 5.02 Å². The molecule has 0 aliphatic carbocycles. The van der Waals surface area contributed by atoms with Crippen LogP contribution >= 0.6 is 11.6 Å². The predicted octanol–water partition coefficient (Wildman–Crippen LogP) is 4.41. The highest BCUT2D eigenvalue weighted by Crippen LogP contribution is 2.31. The highest BCUT2D eigenvalue weighted by Gasteiger charge is 2.21. The molecule has 142 valence electrons. The molecule has 2 aromatic carbocycles. The second-order valence-corrected chi connectivity index (χ2v) is 7.34. The van der Waals surface area contributed by atoms with E-state index in [-0.39, 0.29) is 5.56 Å². The summed E-state index contributed by atoms with van der Waals surface area (Å²) in [5.41, 5.74) is 2.27. The number of aromatic nitrogens is 3. The van der Waals surface area contributed by atoms with E-state index in [0.717, 1.165) is 35.0 Å². The maximum Gasteiger partial charge on any atom is 0.352 e. The van der Waals surface area contributed by atoms with Crippen molar-refractivity contribution in [2.24, 2.45) is 0 Å². The van der Waals surface area contributed by atoms with E-state index in [0.29, 0.717) is 23.0 Å². The number of nitrogens with zero attached hydrogens (tertiary/aromatic N) is 3. The molecule has 0 bridgehead atoms. The molecule has 5 nitrogen and oxygen atoms in total. The molecule has 0 unspecified atom stereocenters. The van der Waals surface area contributed by atoms with Crippen LogP contribution in [0.1, 0.15) is 25.3 Å². The summed E-state index contributed by atoms with van der Waals surface area (Å²) in [6, 6.07) is 15.2. The van der Waals surface area contributed by atoms with Gasteiger partial charge < -0.3 is 0 Å². The van der Waals surface area contributed by atoms with E-state index >= 15 is 0 Å². The molecule has 0 N–H and O–H groups in total. The molecule has 4 rings (SSSR count). The Balaban J connectivity index is 2.15. The van der Waals surface area contributed by atoms with E-state index in [1.165, 1.54) is 4.57 Å². The van der Waals surface area contributed by atoms with Crippen LogP contribution in [0.3, 0.4) is 0 Å². The minimum Gasteiger partial charge on any atom is -0.294 e. The zero-order valence-corrected chi connectivity index (χ0v) is 16.5. The molecule has 6 heteroatoms. The van der Waals surface area contributed by atoms with Crippen LogP contribution in [0.25, 0.3) is 28.0 Å². The van der Waals surface area contributed by atoms with E-state index < -0.39 is 5.69 Å². The molecule has 0 atom stereocenters. The third-order valence-corrected chi connectivity index (χ3v) is 5.28. The molecule has 0 saturated carbocycles. The van der Waals surface area contributed by atoms with Crippen LogP contribution < -0.4 is 11.2 Å². The second-order valence-electron chi connectivity index (χ2n) is 6.93. The van der Waals surface area contributed by atoms with Crippen molar-refractivity contribution in [3.63, 3.8) is 0 Å². The van der Waals surface area contributed by atoms with E-state index in [2.05, 4.69) is 4.98 Å². The Kier molecular flexibility index (Phi) is 4.77. The van der Waals surface area contributed by atoms with Crippen molar-refractivity contribution in [1.82, 2.24) is 14.1 Å². The second kappa shape index (κ2) is 7.24. The fourth-order valence-electron chi connectivity index (χ4n) is 3.43. The van der Waals surface area contributed by atoms with E-state index in [1.807, 2.05) is 54.8 Å². The lowest BCUT2D eigenvalue weighted by atomic mass is 10.1. The van der Waals surface area contributed by atoms with Gasteiger partial charge in [0, 0.05) is 22.6 Å². The van der Waals surface area contributed by atoms with Crippen LogP contribution in [0.4, 0.5) is 0 Å². The van der Waals surface area contributed by atoms with Crippen molar-refractivity contribution < 1.29 is 0 Å². The maximum atomic E-state index is 13.1. The van der Waals surface area contributed by atoms with Crippen molar-refractivity contribution in [3.8, 4) is 17.1 Å². The molecule has 0 amide bonds. The van der Waals surface area contributed by atoms with Gasteiger partial charge in [-0.3, -0.25) is 13.9 Å². The van der Waals surface area contributed by atoms with Gasteiger partial charge in [-0.15, -0.1) is 0 Å². The number of pyridine rings is 1. The molecule has 0 saturated heterocycles. The minimum atomic E-state index is -0.520.